The Bertz CT molecular complexity index is 650. The Balaban J connectivity index is 2.26. The molecule has 2 heterocycles. The van der Waals surface area contributed by atoms with E-state index in [4.69, 9.17) is 9.47 Å². The molecule has 0 bridgehead atoms. The van der Waals surface area contributed by atoms with Crippen molar-refractivity contribution in [2.45, 2.75) is 20.0 Å². The molecule has 0 aliphatic carbocycles. The maximum Gasteiger partial charge on any atom is 0.347 e. The summed E-state index contributed by atoms with van der Waals surface area (Å²) >= 11 is 0. The molecule has 100 valence electrons. The lowest BCUT2D eigenvalue weighted by atomic mass is 10.4. The second kappa shape index (κ2) is 5.51. The summed E-state index contributed by atoms with van der Waals surface area (Å²) in [5.74, 6) is -0.380. The molecule has 2 aromatic rings. The van der Waals surface area contributed by atoms with E-state index in [-0.39, 0.29) is 18.0 Å². The summed E-state index contributed by atoms with van der Waals surface area (Å²) in [6.07, 6.45) is 0.807. The van der Waals surface area contributed by atoms with Crippen molar-refractivity contribution in [2.24, 2.45) is 0 Å². The first kappa shape index (κ1) is 13.1. The van der Waals surface area contributed by atoms with Gasteiger partial charge in [0.1, 0.15) is 5.65 Å². The number of hydrogen-bond acceptors (Lipinski definition) is 5. The molecule has 1 atom stereocenters. The molecule has 0 spiro atoms. The fourth-order valence-electron chi connectivity index (χ4n) is 1.58. The van der Waals surface area contributed by atoms with Crippen molar-refractivity contribution in [3.8, 4) is 5.88 Å². The minimum Gasteiger partial charge on any atom is -0.463 e. The molecular formula is C13H14N2O4. The Kier molecular flexibility index (Phi) is 3.79. The molecule has 2 aromatic heterocycles. The quantitative estimate of drug-likeness (QED) is 0.769. The van der Waals surface area contributed by atoms with Gasteiger partial charge in [-0.05, 0) is 26.0 Å². The van der Waals surface area contributed by atoms with Crippen LogP contribution in [0.25, 0.3) is 5.65 Å². The number of pyridine rings is 1. The third-order valence-corrected chi connectivity index (χ3v) is 2.46. The standard InChI is InChI=1S/C13H14N2O4/c1-3-18-13(17)9(2)19-11-8-12(16)15-7-5-4-6-10(15)14-11/h4-9H,3H2,1-2H3. The smallest absolute Gasteiger partial charge is 0.347 e. The number of aromatic nitrogens is 2. The second-order valence-electron chi connectivity index (χ2n) is 3.87. The van der Waals surface area contributed by atoms with Crippen LogP contribution in [-0.4, -0.2) is 28.1 Å². The van der Waals surface area contributed by atoms with E-state index in [0.29, 0.717) is 5.65 Å². The average molecular weight is 262 g/mol. The van der Waals surface area contributed by atoms with Crippen LogP contribution in [0.1, 0.15) is 13.8 Å². The predicted molar refractivity (Wildman–Crippen MR) is 68.2 cm³/mol. The van der Waals surface area contributed by atoms with Gasteiger partial charge in [-0.1, -0.05) is 6.07 Å². The number of nitrogens with zero attached hydrogens (tertiary/aromatic N) is 2. The lowest BCUT2D eigenvalue weighted by Crippen LogP contribution is -2.27. The van der Waals surface area contributed by atoms with Crippen LogP contribution in [0.15, 0.2) is 35.3 Å². The number of rotatable bonds is 4. The minimum atomic E-state index is -0.807. The van der Waals surface area contributed by atoms with Crippen LogP contribution in [0.5, 0.6) is 5.88 Å². The highest BCUT2D eigenvalue weighted by Gasteiger charge is 2.16. The highest BCUT2D eigenvalue weighted by Crippen LogP contribution is 2.08. The van der Waals surface area contributed by atoms with Gasteiger partial charge in [0.25, 0.3) is 5.56 Å². The van der Waals surface area contributed by atoms with Crippen molar-refractivity contribution in [1.82, 2.24) is 9.38 Å². The van der Waals surface area contributed by atoms with Gasteiger partial charge in [0.2, 0.25) is 5.88 Å². The highest BCUT2D eigenvalue weighted by molar-refractivity contribution is 5.74. The molecule has 1 unspecified atom stereocenters. The Hall–Kier alpha value is -2.37. The molecule has 0 saturated heterocycles. The molecular weight excluding hydrogens is 248 g/mol. The van der Waals surface area contributed by atoms with Gasteiger partial charge in [0, 0.05) is 6.20 Å². The fourth-order valence-corrected chi connectivity index (χ4v) is 1.58. The summed E-state index contributed by atoms with van der Waals surface area (Å²) in [5.41, 5.74) is 0.192. The number of carbonyl (C=O) groups is 1. The first-order valence-corrected chi connectivity index (χ1v) is 5.93. The SMILES string of the molecule is CCOC(=O)C(C)Oc1cc(=O)n2ccccc2n1. The van der Waals surface area contributed by atoms with Gasteiger partial charge in [-0.25, -0.2) is 4.79 Å². The highest BCUT2D eigenvalue weighted by atomic mass is 16.6. The molecule has 0 aliphatic heterocycles. The molecule has 0 amide bonds. The third kappa shape index (κ3) is 2.90. The van der Waals surface area contributed by atoms with Gasteiger partial charge < -0.3 is 9.47 Å². The summed E-state index contributed by atoms with van der Waals surface area (Å²) in [4.78, 5) is 27.4. The molecule has 0 aliphatic rings. The van der Waals surface area contributed by atoms with E-state index in [0.717, 1.165) is 0 Å². The first-order valence-electron chi connectivity index (χ1n) is 5.93. The van der Waals surface area contributed by atoms with Crippen LogP contribution in [0.3, 0.4) is 0 Å². The van der Waals surface area contributed by atoms with Crippen LogP contribution in [0.4, 0.5) is 0 Å². The van der Waals surface area contributed by atoms with E-state index in [1.165, 1.54) is 10.5 Å². The fraction of sp³-hybridized carbons (Fsp3) is 0.308. The lowest BCUT2D eigenvalue weighted by Gasteiger charge is -2.12. The average Bonchev–Trinajstić information content (AvgIpc) is 2.39. The Morgan fingerprint density at radius 1 is 1.47 bits per heavy atom. The Labute approximate surface area is 109 Å². The number of esters is 1. The summed E-state index contributed by atoms with van der Waals surface area (Å²) in [7, 11) is 0. The molecule has 0 aromatic carbocycles. The molecule has 2 rings (SSSR count). The molecule has 0 fully saturated rings. The number of ether oxygens (including phenoxy) is 2. The van der Waals surface area contributed by atoms with Gasteiger partial charge in [0.15, 0.2) is 6.10 Å². The van der Waals surface area contributed by atoms with Crippen LogP contribution < -0.4 is 10.3 Å². The summed E-state index contributed by atoms with van der Waals surface area (Å²) in [6.45, 7) is 3.54. The zero-order valence-corrected chi connectivity index (χ0v) is 10.7. The van der Waals surface area contributed by atoms with Crippen molar-refractivity contribution in [2.75, 3.05) is 6.61 Å². The molecule has 0 saturated carbocycles. The number of hydrogen-bond donors (Lipinski definition) is 0. The van der Waals surface area contributed by atoms with Crippen LogP contribution in [-0.2, 0) is 9.53 Å². The van der Waals surface area contributed by atoms with Gasteiger partial charge in [0.05, 0.1) is 12.7 Å². The van der Waals surface area contributed by atoms with Crippen molar-refractivity contribution >= 4 is 11.6 Å². The van der Waals surface area contributed by atoms with Crippen molar-refractivity contribution in [3.05, 3.63) is 40.8 Å². The van der Waals surface area contributed by atoms with E-state index < -0.39 is 12.1 Å². The zero-order valence-electron chi connectivity index (χ0n) is 10.7. The van der Waals surface area contributed by atoms with Crippen molar-refractivity contribution in [3.63, 3.8) is 0 Å². The maximum atomic E-state index is 11.8. The van der Waals surface area contributed by atoms with Gasteiger partial charge in [-0.2, -0.15) is 4.98 Å². The van der Waals surface area contributed by atoms with E-state index in [1.54, 1.807) is 38.2 Å². The Morgan fingerprint density at radius 3 is 3.00 bits per heavy atom. The molecule has 6 nitrogen and oxygen atoms in total. The minimum absolute atomic E-state index is 0.108. The van der Waals surface area contributed by atoms with Crippen molar-refractivity contribution in [1.29, 1.82) is 0 Å². The van der Waals surface area contributed by atoms with Gasteiger partial charge >= 0.3 is 5.97 Å². The van der Waals surface area contributed by atoms with E-state index in [2.05, 4.69) is 4.98 Å². The second-order valence-corrected chi connectivity index (χ2v) is 3.87. The normalized spacial score (nSPS) is 12.1. The summed E-state index contributed by atoms with van der Waals surface area (Å²) < 4.78 is 11.5. The number of fused-ring (bicyclic) bond motifs is 1. The first-order chi connectivity index (χ1) is 9.11. The van der Waals surface area contributed by atoms with E-state index in [1.807, 2.05) is 0 Å². The molecule has 0 radical (unpaired) electrons. The van der Waals surface area contributed by atoms with E-state index in [9.17, 15) is 9.59 Å². The summed E-state index contributed by atoms with van der Waals surface area (Å²) in [5, 5.41) is 0. The summed E-state index contributed by atoms with van der Waals surface area (Å²) in [6, 6.07) is 6.42. The maximum absolute atomic E-state index is 11.8. The van der Waals surface area contributed by atoms with E-state index >= 15 is 0 Å². The topological polar surface area (TPSA) is 69.9 Å². The predicted octanol–water partition coefficient (Wildman–Crippen LogP) is 1.02. The third-order valence-electron chi connectivity index (χ3n) is 2.46. The molecule has 6 heteroatoms. The molecule has 19 heavy (non-hydrogen) atoms. The van der Waals surface area contributed by atoms with Crippen LogP contribution >= 0.6 is 0 Å². The van der Waals surface area contributed by atoms with Gasteiger partial charge in [-0.15, -0.1) is 0 Å². The van der Waals surface area contributed by atoms with Crippen LogP contribution in [0.2, 0.25) is 0 Å². The zero-order chi connectivity index (χ0) is 13.8. The number of carbonyl (C=O) groups excluding carboxylic acids is 1. The van der Waals surface area contributed by atoms with Crippen molar-refractivity contribution < 1.29 is 14.3 Å². The Morgan fingerprint density at radius 2 is 2.26 bits per heavy atom. The van der Waals surface area contributed by atoms with Gasteiger partial charge in [-0.3, -0.25) is 9.20 Å². The van der Waals surface area contributed by atoms with Crippen LogP contribution in [0, 0.1) is 0 Å². The molecule has 0 N–H and O–H groups in total. The monoisotopic (exact) mass is 262 g/mol. The largest absolute Gasteiger partial charge is 0.463 e. The lowest BCUT2D eigenvalue weighted by molar-refractivity contribution is -0.150.